The molecule has 6 rings (SSSR count). The highest BCUT2D eigenvalue weighted by atomic mass is 16.2. The first-order chi connectivity index (χ1) is 27.1. The van der Waals surface area contributed by atoms with Gasteiger partial charge in [-0.2, -0.15) is 0 Å². The number of nitrogens with two attached hydrogens (primary N) is 1. The van der Waals surface area contributed by atoms with Crippen molar-refractivity contribution in [2.75, 3.05) is 0 Å². The second-order valence-electron chi connectivity index (χ2n) is 13.9. The second kappa shape index (κ2) is 17.6. The Morgan fingerprint density at radius 3 is 1.12 bits per heavy atom. The van der Waals surface area contributed by atoms with Gasteiger partial charge in [0.1, 0.15) is 0 Å². The minimum absolute atomic E-state index is 0.00538. The molecule has 4 N–H and O–H groups in total. The summed E-state index contributed by atoms with van der Waals surface area (Å²) in [6.45, 7) is 7.66. The minimum atomic E-state index is -0.816. The van der Waals surface area contributed by atoms with Crippen LogP contribution in [-0.4, -0.2) is 28.5 Å². The van der Waals surface area contributed by atoms with E-state index in [9.17, 15) is 14.4 Å². The molecule has 282 valence electrons. The van der Waals surface area contributed by atoms with Crippen LogP contribution in [0.25, 0.3) is 11.1 Å². The zero-order valence-electron chi connectivity index (χ0n) is 32.0. The Labute approximate surface area is 328 Å². The maximum Gasteiger partial charge on any atom is 0.255 e. The fourth-order valence-corrected chi connectivity index (χ4v) is 7.21. The SMILES string of the molecule is CC(NC(=O)c1cccc(C(N)=O)c1-c1c(C(=O)NC(C)c2ccccc2)cccc1C(=O)N(C(C)c1ccccc1)C(C)c1ccccc1)c1ccccc1. The average Bonchev–Trinajstić information content (AvgIpc) is 3.24. The summed E-state index contributed by atoms with van der Waals surface area (Å²) in [6, 6.07) is 46.3. The van der Waals surface area contributed by atoms with Gasteiger partial charge in [0, 0.05) is 33.4 Å². The molecule has 0 saturated heterocycles. The number of carbonyl (C=O) groups excluding carboxylic acids is 4. The van der Waals surface area contributed by atoms with Gasteiger partial charge < -0.3 is 21.3 Å². The van der Waals surface area contributed by atoms with E-state index >= 15 is 4.79 Å². The van der Waals surface area contributed by atoms with Crippen LogP contribution in [0.2, 0.25) is 0 Å². The predicted molar refractivity (Wildman–Crippen MR) is 221 cm³/mol. The molecule has 0 aliphatic heterocycles. The third-order valence-electron chi connectivity index (χ3n) is 10.3. The van der Waals surface area contributed by atoms with E-state index in [2.05, 4.69) is 10.6 Å². The fraction of sp³-hybridized carbons (Fsp3) is 0.167. The third-order valence-corrected chi connectivity index (χ3v) is 10.3. The molecule has 8 nitrogen and oxygen atoms in total. The van der Waals surface area contributed by atoms with Gasteiger partial charge in [0.25, 0.3) is 17.7 Å². The molecule has 0 saturated carbocycles. The second-order valence-corrected chi connectivity index (χ2v) is 13.9. The molecule has 8 heteroatoms. The molecular formula is C48H46N4O4. The van der Waals surface area contributed by atoms with Gasteiger partial charge in [-0.05, 0) is 74.2 Å². The summed E-state index contributed by atoms with van der Waals surface area (Å²) in [7, 11) is 0. The van der Waals surface area contributed by atoms with Crippen molar-refractivity contribution >= 4 is 23.6 Å². The Morgan fingerprint density at radius 2 is 0.750 bits per heavy atom. The van der Waals surface area contributed by atoms with E-state index in [4.69, 9.17) is 5.73 Å². The van der Waals surface area contributed by atoms with Gasteiger partial charge in [-0.25, -0.2) is 0 Å². The Kier molecular flexibility index (Phi) is 12.2. The van der Waals surface area contributed by atoms with Crippen LogP contribution in [0.4, 0.5) is 0 Å². The van der Waals surface area contributed by atoms with Crippen LogP contribution in [0.3, 0.4) is 0 Å². The number of hydrogen-bond acceptors (Lipinski definition) is 4. The zero-order valence-corrected chi connectivity index (χ0v) is 32.0. The topological polar surface area (TPSA) is 122 Å². The van der Waals surface area contributed by atoms with Crippen molar-refractivity contribution in [3.63, 3.8) is 0 Å². The molecule has 0 heterocycles. The van der Waals surface area contributed by atoms with Crippen LogP contribution in [0.5, 0.6) is 0 Å². The van der Waals surface area contributed by atoms with Gasteiger partial charge in [0.2, 0.25) is 5.91 Å². The van der Waals surface area contributed by atoms with E-state index < -0.39 is 47.8 Å². The van der Waals surface area contributed by atoms with E-state index in [0.717, 1.165) is 22.3 Å². The molecule has 0 aliphatic rings. The van der Waals surface area contributed by atoms with Gasteiger partial charge in [0.05, 0.1) is 24.2 Å². The van der Waals surface area contributed by atoms with Crippen molar-refractivity contribution in [3.05, 3.63) is 202 Å². The Bertz CT molecular complexity index is 2270. The molecule has 6 aromatic rings. The molecule has 4 atom stereocenters. The summed E-state index contributed by atoms with van der Waals surface area (Å²) in [5, 5.41) is 6.14. The van der Waals surface area contributed by atoms with Gasteiger partial charge in [0.15, 0.2) is 0 Å². The van der Waals surface area contributed by atoms with Crippen molar-refractivity contribution in [1.82, 2.24) is 15.5 Å². The standard InChI is InChI=1S/C48H46N4O4/c1-31(35-19-9-5-10-20-35)50-46(54)40-28-17-27-39(45(49)53)43(40)44-41(47(55)51-32(2)36-21-11-6-12-22-36)29-18-30-42(44)48(56)52(33(3)37-23-13-7-14-24-37)34(4)38-25-15-8-16-26-38/h5-34H,1-4H3,(H2,49,53)(H,50,54)(H,51,55). The summed E-state index contributed by atoms with van der Waals surface area (Å²) in [5.74, 6) is -2.21. The largest absolute Gasteiger partial charge is 0.366 e. The number of amides is 4. The average molecular weight is 743 g/mol. The quantitative estimate of drug-likeness (QED) is 0.109. The highest BCUT2D eigenvalue weighted by Gasteiger charge is 2.34. The number of rotatable bonds is 13. The van der Waals surface area contributed by atoms with Crippen molar-refractivity contribution < 1.29 is 19.2 Å². The van der Waals surface area contributed by atoms with Gasteiger partial charge in [-0.1, -0.05) is 133 Å². The maximum absolute atomic E-state index is 15.5. The van der Waals surface area contributed by atoms with Crippen LogP contribution in [0.15, 0.2) is 158 Å². The van der Waals surface area contributed by atoms with E-state index in [1.807, 2.05) is 149 Å². The first-order valence-corrected chi connectivity index (χ1v) is 18.8. The monoisotopic (exact) mass is 742 g/mol. The lowest BCUT2D eigenvalue weighted by atomic mass is 9.85. The highest BCUT2D eigenvalue weighted by molar-refractivity contribution is 6.16. The molecule has 6 aromatic carbocycles. The summed E-state index contributed by atoms with van der Waals surface area (Å²) in [5.41, 5.74) is 10.2. The Balaban J connectivity index is 1.58. The van der Waals surface area contributed by atoms with Gasteiger partial charge in [-0.15, -0.1) is 0 Å². The summed E-state index contributed by atoms with van der Waals surface area (Å²) < 4.78 is 0. The number of nitrogens with one attached hydrogen (secondary N) is 2. The first kappa shape index (κ1) is 38.9. The lowest BCUT2D eigenvalue weighted by molar-refractivity contribution is 0.0604. The molecule has 0 aliphatic carbocycles. The van der Waals surface area contributed by atoms with Gasteiger partial charge >= 0.3 is 0 Å². The van der Waals surface area contributed by atoms with Crippen LogP contribution < -0.4 is 16.4 Å². The third kappa shape index (κ3) is 8.45. The predicted octanol–water partition coefficient (Wildman–Crippen LogP) is 9.40. The fourth-order valence-electron chi connectivity index (χ4n) is 7.21. The number of nitrogens with zero attached hydrogens (tertiary/aromatic N) is 1. The van der Waals surface area contributed by atoms with E-state index in [1.54, 1.807) is 35.2 Å². The summed E-state index contributed by atoms with van der Waals surface area (Å²) in [4.78, 5) is 59.6. The number of primary amides is 1. The molecule has 0 bridgehead atoms. The van der Waals surface area contributed by atoms with Crippen molar-refractivity contribution in [3.8, 4) is 11.1 Å². The molecule has 0 aromatic heterocycles. The van der Waals surface area contributed by atoms with Crippen molar-refractivity contribution in [1.29, 1.82) is 0 Å². The lowest BCUT2D eigenvalue weighted by Gasteiger charge is -2.36. The van der Waals surface area contributed by atoms with Crippen LogP contribution >= 0.6 is 0 Å². The molecule has 4 amide bonds. The molecule has 4 unspecified atom stereocenters. The normalized spacial score (nSPS) is 13.1. The van der Waals surface area contributed by atoms with E-state index in [0.29, 0.717) is 0 Å². The van der Waals surface area contributed by atoms with Crippen LogP contribution in [0.1, 0.15) is 116 Å². The minimum Gasteiger partial charge on any atom is -0.366 e. The van der Waals surface area contributed by atoms with E-state index in [-0.39, 0.29) is 33.4 Å². The van der Waals surface area contributed by atoms with Crippen molar-refractivity contribution in [2.24, 2.45) is 5.73 Å². The Hall–Kier alpha value is -6.80. The first-order valence-electron chi connectivity index (χ1n) is 18.8. The molecule has 0 radical (unpaired) electrons. The Morgan fingerprint density at radius 1 is 0.429 bits per heavy atom. The van der Waals surface area contributed by atoms with Gasteiger partial charge in [-0.3, -0.25) is 19.2 Å². The van der Waals surface area contributed by atoms with Crippen molar-refractivity contribution in [2.45, 2.75) is 51.9 Å². The molecule has 56 heavy (non-hydrogen) atoms. The maximum atomic E-state index is 15.5. The van der Waals surface area contributed by atoms with Crippen LogP contribution in [0, 0.1) is 0 Å². The van der Waals surface area contributed by atoms with E-state index in [1.165, 1.54) is 6.07 Å². The molecular weight excluding hydrogens is 697 g/mol. The number of hydrogen-bond donors (Lipinski definition) is 3. The number of carbonyl (C=O) groups is 4. The zero-order chi connectivity index (χ0) is 39.8. The van der Waals surface area contributed by atoms with Crippen LogP contribution in [-0.2, 0) is 0 Å². The summed E-state index contributed by atoms with van der Waals surface area (Å²) in [6.07, 6.45) is 0. The molecule has 0 spiro atoms. The smallest absolute Gasteiger partial charge is 0.255 e. The highest BCUT2D eigenvalue weighted by Crippen LogP contribution is 2.39. The summed E-state index contributed by atoms with van der Waals surface area (Å²) >= 11 is 0. The lowest BCUT2D eigenvalue weighted by Crippen LogP contribution is -2.37. The molecule has 0 fully saturated rings. The number of benzene rings is 6.